The lowest BCUT2D eigenvalue weighted by Crippen LogP contribution is -2.27. The molecule has 0 aromatic heterocycles. The van der Waals surface area contributed by atoms with Crippen molar-refractivity contribution in [3.05, 3.63) is 35.4 Å². The van der Waals surface area contributed by atoms with Crippen LogP contribution in [0.25, 0.3) is 0 Å². The van der Waals surface area contributed by atoms with Gasteiger partial charge in [0.05, 0.1) is 19.8 Å². The largest absolute Gasteiger partial charge is 0.493 e. The Morgan fingerprint density at radius 1 is 1.48 bits per heavy atom. The smallest absolute Gasteiger partial charge is 0.164 e. The van der Waals surface area contributed by atoms with Gasteiger partial charge in [0.25, 0.3) is 0 Å². The van der Waals surface area contributed by atoms with E-state index < -0.39 is 6.10 Å². The van der Waals surface area contributed by atoms with Gasteiger partial charge < -0.3 is 19.5 Å². The molecule has 1 aliphatic heterocycles. The summed E-state index contributed by atoms with van der Waals surface area (Å²) in [7, 11) is 3.80. The van der Waals surface area contributed by atoms with Crippen LogP contribution >= 0.6 is 0 Å². The van der Waals surface area contributed by atoms with Crippen LogP contribution in [0.2, 0.25) is 0 Å². The van der Waals surface area contributed by atoms with Crippen LogP contribution < -0.4 is 9.47 Å². The van der Waals surface area contributed by atoms with Gasteiger partial charge in [0.15, 0.2) is 11.5 Å². The molecule has 2 atom stereocenters. The summed E-state index contributed by atoms with van der Waals surface area (Å²) in [6.07, 6.45) is 4.99. The lowest BCUT2D eigenvalue weighted by molar-refractivity contribution is 0.141. The van der Waals surface area contributed by atoms with Crippen molar-refractivity contribution in [2.45, 2.75) is 39.3 Å². The van der Waals surface area contributed by atoms with Gasteiger partial charge in [0, 0.05) is 12.1 Å². The Bertz CT molecular complexity index is 542. The highest BCUT2D eigenvalue weighted by molar-refractivity contribution is 5.52. The molecule has 0 amide bonds. The average molecular weight is 319 g/mol. The van der Waals surface area contributed by atoms with Gasteiger partial charge in [0.1, 0.15) is 0 Å². The van der Waals surface area contributed by atoms with Crippen LogP contribution in [0.1, 0.15) is 31.4 Å². The highest BCUT2D eigenvalue weighted by Crippen LogP contribution is 2.39. The van der Waals surface area contributed by atoms with Gasteiger partial charge >= 0.3 is 0 Å². The van der Waals surface area contributed by atoms with Crippen molar-refractivity contribution in [2.75, 3.05) is 27.3 Å². The summed E-state index contributed by atoms with van der Waals surface area (Å²) in [6, 6.07) is 4.13. The van der Waals surface area contributed by atoms with Gasteiger partial charge in [-0.15, -0.1) is 0 Å². The summed E-state index contributed by atoms with van der Waals surface area (Å²) in [6.45, 7) is 6.62. The lowest BCUT2D eigenvalue weighted by Gasteiger charge is -2.30. The van der Waals surface area contributed by atoms with E-state index >= 15 is 0 Å². The number of nitrogens with zero attached hydrogens (tertiary/aromatic N) is 1. The molecule has 1 aromatic carbocycles. The fraction of sp³-hybridized carbons (Fsp3) is 0.579. The minimum Gasteiger partial charge on any atom is -0.493 e. The summed E-state index contributed by atoms with van der Waals surface area (Å²) in [5, 5.41) is 10.0. The molecule has 1 heterocycles. The van der Waals surface area contributed by atoms with Crippen LogP contribution in [-0.2, 0) is 13.0 Å². The van der Waals surface area contributed by atoms with E-state index in [1.165, 1.54) is 11.1 Å². The quantitative estimate of drug-likeness (QED) is 0.785. The minimum absolute atomic E-state index is 0.325. The first-order chi connectivity index (χ1) is 11.1. The predicted molar refractivity (Wildman–Crippen MR) is 93.1 cm³/mol. The number of methoxy groups -OCH3 is 1. The first-order valence-electron chi connectivity index (χ1n) is 8.39. The van der Waals surface area contributed by atoms with Crippen LogP contribution in [0.15, 0.2) is 24.3 Å². The Kier molecular flexibility index (Phi) is 6.48. The third kappa shape index (κ3) is 4.49. The second-order valence-electron chi connectivity index (χ2n) is 6.28. The number of ether oxygens (including phenoxy) is 2. The zero-order valence-electron chi connectivity index (χ0n) is 14.7. The van der Waals surface area contributed by atoms with E-state index in [1.54, 1.807) is 7.11 Å². The highest BCUT2D eigenvalue weighted by atomic mass is 16.5. The van der Waals surface area contributed by atoms with Crippen molar-refractivity contribution in [3.63, 3.8) is 0 Å². The summed E-state index contributed by atoms with van der Waals surface area (Å²) in [5.41, 5.74) is 2.52. The Hall–Kier alpha value is -1.52. The van der Waals surface area contributed by atoms with Crippen molar-refractivity contribution in [1.29, 1.82) is 0 Å². The zero-order valence-corrected chi connectivity index (χ0v) is 14.7. The molecule has 0 fully saturated rings. The standard InChI is InChI=1S/C19H29NO3/c1-5-7-16(21)10-14-11-17-15(12-20(3)6-2)8-9-18(22-4)19(17)23-13-14/h5,7-9,14,16,21H,6,10-13H2,1-4H3/b7-5-. The Labute approximate surface area is 139 Å². The van der Waals surface area contributed by atoms with Gasteiger partial charge in [-0.2, -0.15) is 0 Å². The fourth-order valence-electron chi connectivity index (χ4n) is 3.08. The molecule has 0 bridgehead atoms. The van der Waals surface area contributed by atoms with Gasteiger partial charge in [-0.1, -0.05) is 25.1 Å². The number of hydrogen-bond donors (Lipinski definition) is 1. The number of aliphatic hydroxyl groups is 1. The number of benzene rings is 1. The molecule has 2 unspecified atom stereocenters. The fourth-order valence-corrected chi connectivity index (χ4v) is 3.08. The molecule has 4 nitrogen and oxygen atoms in total. The molecule has 0 radical (unpaired) electrons. The monoisotopic (exact) mass is 319 g/mol. The second kappa shape index (κ2) is 8.37. The second-order valence-corrected chi connectivity index (χ2v) is 6.28. The summed E-state index contributed by atoms with van der Waals surface area (Å²) < 4.78 is 11.5. The summed E-state index contributed by atoms with van der Waals surface area (Å²) in [5.74, 6) is 2.01. The topological polar surface area (TPSA) is 41.9 Å². The van der Waals surface area contributed by atoms with Gasteiger partial charge in [-0.3, -0.25) is 0 Å². The molecule has 0 saturated carbocycles. The molecule has 1 N–H and O–H groups in total. The first kappa shape index (κ1) is 17.8. The van der Waals surface area contributed by atoms with Gasteiger partial charge in [-0.05, 0) is 50.9 Å². The summed E-state index contributed by atoms with van der Waals surface area (Å²) in [4.78, 5) is 2.28. The van der Waals surface area contributed by atoms with Crippen LogP contribution in [0.5, 0.6) is 11.5 Å². The lowest BCUT2D eigenvalue weighted by atomic mass is 9.88. The molecule has 23 heavy (non-hydrogen) atoms. The van der Waals surface area contributed by atoms with Crippen LogP contribution in [0.3, 0.4) is 0 Å². The third-order valence-electron chi connectivity index (χ3n) is 4.47. The molecule has 0 saturated heterocycles. The third-order valence-corrected chi connectivity index (χ3v) is 4.47. The highest BCUT2D eigenvalue weighted by Gasteiger charge is 2.26. The van der Waals surface area contributed by atoms with Crippen molar-refractivity contribution in [3.8, 4) is 11.5 Å². The van der Waals surface area contributed by atoms with Gasteiger partial charge in [0.2, 0.25) is 0 Å². The maximum absolute atomic E-state index is 10.0. The molecule has 2 rings (SSSR count). The zero-order chi connectivity index (χ0) is 16.8. The normalized spacial score (nSPS) is 18.8. The van der Waals surface area contributed by atoms with E-state index in [0.29, 0.717) is 12.5 Å². The number of fused-ring (bicyclic) bond motifs is 1. The van der Waals surface area contributed by atoms with E-state index in [-0.39, 0.29) is 0 Å². The van der Waals surface area contributed by atoms with E-state index in [2.05, 4.69) is 24.9 Å². The molecule has 1 aliphatic rings. The Morgan fingerprint density at radius 3 is 2.91 bits per heavy atom. The van der Waals surface area contributed by atoms with Crippen molar-refractivity contribution < 1.29 is 14.6 Å². The van der Waals surface area contributed by atoms with E-state index in [1.807, 2.05) is 25.1 Å². The average Bonchev–Trinajstić information content (AvgIpc) is 2.55. The number of allylic oxidation sites excluding steroid dienone is 1. The van der Waals surface area contributed by atoms with E-state index in [4.69, 9.17) is 9.47 Å². The van der Waals surface area contributed by atoms with Crippen LogP contribution in [-0.4, -0.2) is 43.4 Å². The Balaban J connectivity index is 2.23. The van der Waals surface area contributed by atoms with Crippen molar-refractivity contribution >= 4 is 0 Å². The molecular formula is C19H29NO3. The maximum atomic E-state index is 10.0. The van der Waals surface area contributed by atoms with E-state index in [9.17, 15) is 5.11 Å². The van der Waals surface area contributed by atoms with E-state index in [0.717, 1.165) is 37.4 Å². The van der Waals surface area contributed by atoms with Crippen LogP contribution in [0, 0.1) is 5.92 Å². The first-order valence-corrected chi connectivity index (χ1v) is 8.39. The van der Waals surface area contributed by atoms with Gasteiger partial charge in [-0.25, -0.2) is 0 Å². The minimum atomic E-state index is -0.400. The molecule has 4 heteroatoms. The maximum Gasteiger partial charge on any atom is 0.164 e. The van der Waals surface area contributed by atoms with Crippen molar-refractivity contribution in [2.24, 2.45) is 5.92 Å². The molecule has 1 aromatic rings. The molecule has 0 aliphatic carbocycles. The van der Waals surface area contributed by atoms with Crippen LogP contribution in [0.4, 0.5) is 0 Å². The number of aliphatic hydroxyl groups excluding tert-OH is 1. The number of hydrogen-bond acceptors (Lipinski definition) is 4. The van der Waals surface area contributed by atoms with Crippen molar-refractivity contribution in [1.82, 2.24) is 4.90 Å². The molecular weight excluding hydrogens is 290 g/mol. The molecule has 0 spiro atoms. The SMILES string of the molecule is C/C=C\C(O)CC1COc2c(OC)ccc(CN(C)CC)c2C1. The molecule has 128 valence electrons. The summed E-state index contributed by atoms with van der Waals surface area (Å²) >= 11 is 0. The number of rotatable bonds is 7. The predicted octanol–water partition coefficient (Wildman–Crippen LogP) is 3.03. The Morgan fingerprint density at radius 2 is 2.26 bits per heavy atom.